The molecule has 4 nitrogen and oxygen atoms in total. The molecule has 0 aliphatic rings. The van der Waals surface area contributed by atoms with Crippen molar-refractivity contribution in [3.63, 3.8) is 0 Å². The van der Waals surface area contributed by atoms with E-state index in [1.165, 1.54) is 6.42 Å². The highest BCUT2D eigenvalue weighted by molar-refractivity contribution is 5.07. The van der Waals surface area contributed by atoms with Crippen molar-refractivity contribution in [2.24, 2.45) is 5.92 Å². The zero-order valence-corrected chi connectivity index (χ0v) is 12.9. The van der Waals surface area contributed by atoms with Crippen molar-refractivity contribution in [3.05, 3.63) is 30.1 Å². The summed E-state index contributed by atoms with van der Waals surface area (Å²) in [6, 6.07) is 5.98. The maximum atomic E-state index is 9.85. The first-order valence-electron chi connectivity index (χ1n) is 7.49. The van der Waals surface area contributed by atoms with Gasteiger partial charge in [0.05, 0.1) is 18.4 Å². The van der Waals surface area contributed by atoms with Crippen LogP contribution in [0.3, 0.4) is 0 Å². The standard InChI is InChI=1S/C16H28N2O2/c1-13(2)7-6-10-20-12-15(19)11-18-14(3)16-8-4-5-9-17-16/h4-5,8-9,13-15,18-19H,6-7,10-12H2,1-3H3/t14-,15?/m1/s1. The Bertz CT molecular complexity index is 344. The largest absolute Gasteiger partial charge is 0.389 e. The van der Waals surface area contributed by atoms with E-state index in [0.717, 1.165) is 18.7 Å². The van der Waals surface area contributed by atoms with Gasteiger partial charge in [-0.1, -0.05) is 19.9 Å². The van der Waals surface area contributed by atoms with Gasteiger partial charge < -0.3 is 15.2 Å². The van der Waals surface area contributed by atoms with Gasteiger partial charge in [0.15, 0.2) is 0 Å². The summed E-state index contributed by atoms with van der Waals surface area (Å²) >= 11 is 0. The molecule has 0 amide bonds. The monoisotopic (exact) mass is 280 g/mol. The van der Waals surface area contributed by atoms with Crippen LogP contribution in [-0.2, 0) is 4.74 Å². The van der Waals surface area contributed by atoms with Gasteiger partial charge in [-0.3, -0.25) is 4.98 Å². The molecule has 0 bridgehead atoms. The third-order valence-electron chi connectivity index (χ3n) is 3.17. The van der Waals surface area contributed by atoms with Gasteiger partial charge in [-0.2, -0.15) is 0 Å². The number of nitrogens with zero attached hydrogens (tertiary/aromatic N) is 1. The molecule has 0 fully saturated rings. The number of aliphatic hydroxyl groups excluding tert-OH is 1. The maximum absolute atomic E-state index is 9.85. The molecule has 1 heterocycles. The van der Waals surface area contributed by atoms with E-state index in [1.54, 1.807) is 6.20 Å². The summed E-state index contributed by atoms with van der Waals surface area (Å²) in [6.45, 7) is 8.08. The van der Waals surface area contributed by atoms with Gasteiger partial charge in [0, 0.05) is 25.4 Å². The van der Waals surface area contributed by atoms with Crippen LogP contribution >= 0.6 is 0 Å². The molecule has 1 rings (SSSR count). The Morgan fingerprint density at radius 1 is 1.30 bits per heavy atom. The number of rotatable bonds is 10. The van der Waals surface area contributed by atoms with Gasteiger partial charge >= 0.3 is 0 Å². The predicted molar refractivity (Wildman–Crippen MR) is 81.6 cm³/mol. The van der Waals surface area contributed by atoms with E-state index in [-0.39, 0.29) is 6.04 Å². The van der Waals surface area contributed by atoms with Crippen molar-refractivity contribution < 1.29 is 9.84 Å². The lowest BCUT2D eigenvalue weighted by atomic mass is 10.1. The van der Waals surface area contributed by atoms with Crippen LogP contribution in [0.15, 0.2) is 24.4 Å². The lowest BCUT2D eigenvalue weighted by Crippen LogP contribution is -2.32. The molecule has 1 aromatic rings. The fourth-order valence-electron chi connectivity index (χ4n) is 1.92. The lowest BCUT2D eigenvalue weighted by molar-refractivity contribution is 0.0336. The Balaban J connectivity index is 2.09. The first-order valence-corrected chi connectivity index (χ1v) is 7.49. The Labute approximate surface area is 122 Å². The van der Waals surface area contributed by atoms with E-state index in [1.807, 2.05) is 25.1 Å². The zero-order chi connectivity index (χ0) is 14.8. The lowest BCUT2D eigenvalue weighted by Gasteiger charge is -2.17. The molecule has 20 heavy (non-hydrogen) atoms. The maximum Gasteiger partial charge on any atom is 0.0897 e. The molecule has 0 spiro atoms. The fraction of sp³-hybridized carbons (Fsp3) is 0.688. The number of hydrogen-bond acceptors (Lipinski definition) is 4. The SMILES string of the molecule is CC(C)CCCOCC(O)CN[C@H](C)c1ccccn1. The van der Waals surface area contributed by atoms with Crippen LogP contribution in [0.5, 0.6) is 0 Å². The molecule has 0 radical (unpaired) electrons. The second-order valence-electron chi connectivity index (χ2n) is 5.65. The van der Waals surface area contributed by atoms with Crippen molar-refractivity contribution in [2.75, 3.05) is 19.8 Å². The van der Waals surface area contributed by atoms with Crippen LogP contribution in [0.1, 0.15) is 45.3 Å². The van der Waals surface area contributed by atoms with E-state index in [0.29, 0.717) is 19.1 Å². The van der Waals surface area contributed by atoms with Gasteiger partial charge in [-0.25, -0.2) is 0 Å². The second kappa shape index (κ2) is 9.86. The average molecular weight is 280 g/mol. The van der Waals surface area contributed by atoms with Crippen LogP contribution in [0.25, 0.3) is 0 Å². The van der Waals surface area contributed by atoms with Crippen molar-refractivity contribution >= 4 is 0 Å². The highest BCUT2D eigenvalue weighted by atomic mass is 16.5. The number of nitrogens with one attached hydrogen (secondary N) is 1. The summed E-state index contributed by atoms with van der Waals surface area (Å²) in [5, 5.41) is 13.1. The first kappa shape index (κ1) is 17.1. The molecule has 2 N–H and O–H groups in total. The molecular weight excluding hydrogens is 252 g/mol. The Morgan fingerprint density at radius 2 is 2.10 bits per heavy atom. The summed E-state index contributed by atoms with van der Waals surface area (Å²) in [4.78, 5) is 4.28. The molecule has 0 aliphatic heterocycles. The van der Waals surface area contributed by atoms with Crippen LogP contribution in [0.4, 0.5) is 0 Å². The quantitative estimate of drug-likeness (QED) is 0.647. The zero-order valence-electron chi connectivity index (χ0n) is 12.9. The number of aliphatic hydroxyl groups is 1. The minimum Gasteiger partial charge on any atom is -0.389 e. The molecular formula is C16H28N2O2. The number of pyridine rings is 1. The molecule has 2 atom stereocenters. The van der Waals surface area contributed by atoms with Crippen LogP contribution < -0.4 is 5.32 Å². The summed E-state index contributed by atoms with van der Waals surface area (Å²) in [5.41, 5.74) is 0.984. The molecule has 114 valence electrons. The van der Waals surface area contributed by atoms with E-state index >= 15 is 0 Å². The Hall–Kier alpha value is -0.970. The van der Waals surface area contributed by atoms with E-state index < -0.39 is 6.10 Å². The summed E-state index contributed by atoms with van der Waals surface area (Å²) < 4.78 is 5.48. The Morgan fingerprint density at radius 3 is 2.75 bits per heavy atom. The number of aromatic nitrogens is 1. The molecule has 0 saturated carbocycles. The van der Waals surface area contributed by atoms with E-state index in [2.05, 4.69) is 24.1 Å². The molecule has 1 unspecified atom stereocenters. The van der Waals surface area contributed by atoms with Crippen molar-refractivity contribution in [1.29, 1.82) is 0 Å². The normalized spacial score (nSPS) is 14.4. The van der Waals surface area contributed by atoms with Gasteiger partial charge in [-0.15, -0.1) is 0 Å². The third-order valence-corrected chi connectivity index (χ3v) is 3.17. The van der Waals surface area contributed by atoms with Gasteiger partial charge in [0.1, 0.15) is 0 Å². The fourth-order valence-corrected chi connectivity index (χ4v) is 1.92. The summed E-state index contributed by atoms with van der Waals surface area (Å²) in [5.74, 6) is 0.712. The van der Waals surface area contributed by atoms with Crippen molar-refractivity contribution in [2.45, 2.75) is 45.8 Å². The first-order chi connectivity index (χ1) is 9.59. The number of hydrogen-bond donors (Lipinski definition) is 2. The summed E-state index contributed by atoms with van der Waals surface area (Å²) in [6.07, 6.45) is 3.54. The third kappa shape index (κ3) is 7.58. The molecule has 0 aliphatic carbocycles. The molecule has 1 aromatic heterocycles. The minimum atomic E-state index is -0.472. The van der Waals surface area contributed by atoms with Crippen LogP contribution in [0.2, 0.25) is 0 Å². The Kier molecular flexibility index (Phi) is 8.42. The van der Waals surface area contributed by atoms with Gasteiger partial charge in [0.2, 0.25) is 0 Å². The van der Waals surface area contributed by atoms with Crippen molar-refractivity contribution in [1.82, 2.24) is 10.3 Å². The second-order valence-corrected chi connectivity index (χ2v) is 5.65. The predicted octanol–water partition coefficient (Wildman–Crippen LogP) is 2.55. The highest BCUT2D eigenvalue weighted by Crippen LogP contribution is 2.07. The van der Waals surface area contributed by atoms with Crippen LogP contribution in [0, 0.1) is 5.92 Å². The van der Waals surface area contributed by atoms with Crippen molar-refractivity contribution in [3.8, 4) is 0 Å². The summed E-state index contributed by atoms with van der Waals surface area (Å²) in [7, 11) is 0. The number of ether oxygens (including phenoxy) is 1. The minimum absolute atomic E-state index is 0.131. The van der Waals surface area contributed by atoms with E-state index in [9.17, 15) is 5.11 Å². The molecule has 0 aromatic carbocycles. The smallest absolute Gasteiger partial charge is 0.0897 e. The van der Waals surface area contributed by atoms with Crippen LogP contribution in [-0.4, -0.2) is 36.0 Å². The average Bonchev–Trinajstić information content (AvgIpc) is 2.45. The van der Waals surface area contributed by atoms with Gasteiger partial charge in [0.25, 0.3) is 0 Å². The highest BCUT2D eigenvalue weighted by Gasteiger charge is 2.09. The molecule has 4 heteroatoms. The topological polar surface area (TPSA) is 54.4 Å². The molecule has 0 saturated heterocycles. The van der Waals surface area contributed by atoms with Gasteiger partial charge in [-0.05, 0) is 37.8 Å². The van der Waals surface area contributed by atoms with E-state index in [4.69, 9.17) is 4.74 Å².